The molecule has 1 N–H and O–H groups in total. The highest BCUT2D eigenvalue weighted by atomic mass is 16.2. The zero-order valence-electron chi connectivity index (χ0n) is 14.2. The number of nitrogens with zero attached hydrogens (tertiary/aromatic N) is 1. The highest BCUT2D eigenvalue weighted by molar-refractivity contribution is 5.88. The van der Waals surface area contributed by atoms with E-state index in [2.05, 4.69) is 58.1 Å². The second kappa shape index (κ2) is 5.80. The third-order valence-electron chi connectivity index (χ3n) is 4.49. The van der Waals surface area contributed by atoms with E-state index in [-0.39, 0.29) is 12.1 Å². The Hall–Kier alpha value is -1.35. The smallest absolute Gasteiger partial charge is 0.244 e. The van der Waals surface area contributed by atoms with E-state index in [0.717, 1.165) is 13.0 Å². The first-order chi connectivity index (χ1) is 9.78. The number of benzene rings is 1. The maximum atomic E-state index is 12.8. The third-order valence-corrected chi connectivity index (χ3v) is 4.49. The first-order valence-electron chi connectivity index (χ1n) is 7.94. The summed E-state index contributed by atoms with van der Waals surface area (Å²) in [6, 6.07) is 6.48. The van der Waals surface area contributed by atoms with Crippen LogP contribution in [-0.4, -0.2) is 22.9 Å². The molecule has 0 aliphatic carbocycles. The van der Waals surface area contributed by atoms with Crippen LogP contribution in [0.1, 0.15) is 57.0 Å². The second-order valence-corrected chi connectivity index (χ2v) is 6.94. The third kappa shape index (κ3) is 2.98. The van der Waals surface area contributed by atoms with Crippen molar-refractivity contribution in [2.75, 3.05) is 6.54 Å². The van der Waals surface area contributed by atoms with E-state index in [0.29, 0.717) is 5.92 Å². The lowest BCUT2D eigenvalue weighted by molar-refractivity contribution is -0.133. The van der Waals surface area contributed by atoms with Crippen molar-refractivity contribution in [3.8, 4) is 0 Å². The van der Waals surface area contributed by atoms with Crippen LogP contribution in [0.3, 0.4) is 0 Å². The topological polar surface area (TPSA) is 32.3 Å². The summed E-state index contributed by atoms with van der Waals surface area (Å²) in [5.41, 5.74) is 3.27. The van der Waals surface area contributed by atoms with Crippen molar-refractivity contribution in [1.82, 2.24) is 10.2 Å². The summed E-state index contributed by atoms with van der Waals surface area (Å²) in [5.74, 6) is 0.687. The van der Waals surface area contributed by atoms with Gasteiger partial charge in [-0.25, -0.2) is 0 Å². The number of amides is 1. The van der Waals surface area contributed by atoms with Gasteiger partial charge in [-0.05, 0) is 44.2 Å². The molecular formula is C18H28N2O. The fourth-order valence-corrected chi connectivity index (χ4v) is 3.09. The Morgan fingerprint density at radius 2 is 2.00 bits per heavy atom. The maximum absolute atomic E-state index is 12.8. The van der Waals surface area contributed by atoms with Crippen LogP contribution in [0.4, 0.5) is 0 Å². The molecule has 1 amide bonds. The molecule has 1 saturated heterocycles. The lowest BCUT2D eigenvalue weighted by atomic mass is 9.99. The fraction of sp³-hybridized carbons (Fsp3) is 0.611. The van der Waals surface area contributed by atoms with Crippen molar-refractivity contribution < 1.29 is 4.79 Å². The molecule has 1 aromatic rings. The SMILES string of the molecule is CCC1(C)NC(c2ccc(C)cc2C)N(CC(C)C)C1=O. The van der Waals surface area contributed by atoms with Gasteiger partial charge < -0.3 is 4.90 Å². The van der Waals surface area contributed by atoms with E-state index in [1.807, 2.05) is 11.8 Å². The number of hydrogen-bond donors (Lipinski definition) is 1. The van der Waals surface area contributed by atoms with Crippen LogP contribution in [0.2, 0.25) is 0 Å². The second-order valence-electron chi connectivity index (χ2n) is 6.94. The normalized spacial score (nSPS) is 26.0. The van der Waals surface area contributed by atoms with Gasteiger partial charge in [-0.1, -0.05) is 44.5 Å². The number of hydrogen-bond acceptors (Lipinski definition) is 2. The largest absolute Gasteiger partial charge is 0.321 e. The van der Waals surface area contributed by atoms with Crippen LogP contribution < -0.4 is 5.32 Å². The molecule has 1 aliphatic heterocycles. The van der Waals surface area contributed by atoms with Gasteiger partial charge in [0.05, 0.1) is 5.54 Å². The summed E-state index contributed by atoms with van der Waals surface area (Å²) in [6.07, 6.45) is 0.799. The standard InChI is InChI=1S/C18H28N2O/c1-7-18(6)17(21)20(11-12(2)3)16(19-18)15-9-8-13(4)10-14(15)5/h8-10,12,16,19H,7,11H2,1-6H3. The van der Waals surface area contributed by atoms with Crippen LogP contribution in [-0.2, 0) is 4.79 Å². The van der Waals surface area contributed by atoms with Crippen LogP contribution in [0.25, 0.3) is 0 Å². The van der Waals surface area contributed by atoms with Gasteiger partial charge in [0.1, 0.15) is 6.17 Å². The molecular weight excluding hydrogens is 260 g/mol. The van der Waals surface area contributed by atoms with Gasteiger partial charge >= 0.3 is 0 Å². The maximum Gasteiger partial charge on any atom is 0.244 e. The van der Waals surface area contributed by atoms with Crippen LogP contribution >= 0.6 is 0 Å². The number of aryl methyl sites for hydroxylation is 2. The first kappa shape index (κ1) is 16.0. The van der Waals surface area contributed by atoms with Gasteiger partial charge in [-0.2, -0.15) is 0 Å². The Labute approximate surface area is 128 Å². The van der Waals surface area contributed by atoms with Crippen LogP contribution in [0.5, 0.6) is 0 Å². The Kier molecular flexibility index (Phi) is 4.43. The highest BCUT2D eigenvalue weighted by Crippen LogP contribution is 2.34. The Morgan fingerprint density at radius 3 is 2.52 bits per heavy atom. The molecule has 2 atom stereocenters. The Balaban J connectivity index is 2.41. The molecule has 2 rings (SSSR count). The van der Waals surface area contributed by atoms with E-state index < -0.39 is 5.54 Å². The van der Waals surface area contributed by atoms with Crippen molar-refractivity contribution in [3.63, 3.8) is 0 Å². The molecule has 1 fully saturated rings. The van der Waals surface area contributed by atoms with E-state index >= 15 is 0 Å². The molecule has 0 aromatic heterocycles. The van der Waals surface area contributed by atoms with E-state index in [1.165, 1.54) is 16.7 Å². The summed E-state index contributed by atoms with van der Waals surface area (Å²) in [6.45, 7) is 13.4. The number of nitrogens with one attached hydrogen (secondary N) is 1. The van der Waals surface area contributed by atoms with Gasteiger partial charge in [0, 0.05) is 6.54 Å². The summed E-state index contributed by atoms with van der Waals surface area (Å²) in [7, 11) is 0. The Bertz CT molecular complexity index is 538. The highest BCUT2D eigenvalue weighted by Gasteiger charge is 2.47. The van der Waals surface area contributed by atoms with Gasteiger partial charge in [0.2, 0.25) is 5.91 Å². The molecule has 1 heterocycles. The van der Waals surface area contributed by atoms with Crippen molar-refractivity contribution in [2.24, 2.45) is 5.92 Å². The molecule has 0 radical (unpaired) electrons. The molecule has 0 bridgehead atoms. The van der Waals surface area contributed by atoms with Crippen molar-refractivity contribution in [3.05, 3.63) is 34.9 Å². The fourth-order valence-electron chi connectivity index (χ4n) is 3.09. The van der Waals surface area contributed by atoms with E-state index in [9.17, 15) is 4.79 Å². The molecule has 3 heteroatoms. The summed E-state index contributed by atoms with van der Waals surface area (Å²) in [5, 5.41) is 3.58. The Morgan fingerprint density at radius 1 is 1.33 bits per heavy atom. The zero-order chi connectivity index (χ0) is 15.8. The van der Waals surface area contributed by atoms with Gasteiger partial charge in [0.15, 0.2) is 0 Å². The number of carbonyl (C=O) groups excluding carboxylic acids is 1. The molecule has 0 spiro atoms. The summed E-state index contributed by atoms with van der Waals surface area (Å²) < 4.78 is 0. The van der Waals surface area contributed by atoms with Gasteiger partial charge in [-0.15, -0.1) is 0 Å². The average Bonchev–Trinajstić information content (AvgIpc) is 2.64. The molecule has 2 unspecified atom stereocenters. The minimum absolute atomic E-state index is 0.00884. The number of carbonyl (C=O) groups is 1. The van der Waals surface area contributed by atoms with Crippen molar-refractivity contribution >= 4 is 5.91 Å². The monoisotopic (exact) mass is 288 g/mol. The lowest BCUT2D eigenvalue weighted by Gasteiger charge is -2.27. The predicted octanol–water partition coefficient (Wildman–Crippen LogP) is 3.56. The predicted molar refractivity (Wildman–Crippen MR) is 87.0 cm³/mol. The number of rotatable bonds is 4. The van der Waals surface area contributed by atoms with Gasteiger partial charge in [-0.3, -0.25) is 10.1 Å². The van der Waals surface area contributed by atoms with Crippen molar-refractivity contribution in [1.29, 1.82) is 0 Å². The van der Waals surface area contributed by atoms with Crippen LogP contribution in [0.15, 0.2) is 18.2 Å². The first-order valence-corrected chi connectivity index (χ1v) is 7.94. The molecule has 3 nitrogen and oxygen atoms in total. The molecule has 1 aromatic carbocycles. The minimum Gasteiger partial charge on any atom is -0.321 e. The van der Waals surface area contributed by atoms with Gasteiger partial charge in [0.25, 0.3) is 0 Å². The quantitative estimate of drug-likeness (QED) is 0.919. The molecule has 0 saturated carbocycles. The molecule has 1 aliphatic rings. The summed E-state index contributed by atoms with van der Waals surface area (Å²) in [4.78, 5) is 14.8. The molecule has 116 valence electrons. The minimum atomic E-state index is -0.448. The van der Waals surface area contributed by atoms with E-state index in [1.54, 1.807) is 0 Å². The average molecular weight is 288 g/mol. The lowest BCUT2D eigenvalue weighted by Crippen LogP contribution is -2.43. The summed E-state index contributed by atoms with van der Waals surface area (Å²) >= 11 is 0. The molecule has 21 heavy (non-hydrogen) atoms. The van der Waals surface area contributed by atoms with Crippen molar-refractivity contribution in [2.45, 2.75) is 59.7 Å². The zero-order valence-corrected chi connectivity index (χ0v) is 14.2. The van der Waals surface area contributed by atoms with E-state index in [4.69, 9.17) is 0 Å². The van der Waals surface area contributed by atoms with Crippen LogP contribution in [0, 0.1) is 19.8 Å².